The van der Waals surface area contributed by atoms with E-state index in [0.29, 0.717) is 12.5 Å². The van der Waals surface area contributed by atoms with E-state index in [1.54, 1.807) is 35.4 Å². The number of anilines is 1. The number of rotatable bonds is 4. The molecule has 0 aromatic carbocycles. The van der Waals surface area contributed by atoms with Crippen molar-refractivity contribution in [2.24, 2.45) is 5.92 Å². The first-order valence-electron chi connectivity index (χ1n) is 8.22. The van der Waals surface area contributed by atoms with E-state index in [1.165, 1.54) is 0 Å². The highest BCUT2D eigenvalue weighted by molar-refractivity contribution is 5.56. The van der Waals surface area contributed by atoms with Gasteiger partial charge in [0.1, 0.15) is 0 Å². The van der Waals surface area contributed by atoms with Crippen LogP contribution in [0.15, 0.2) is 53.7 Å². The van der Waals surface area contributed by atoms with Crippen molar-refractivity contribution in [3.05, 3.63) is 65.0 Å². The Hall–Kier alpha value is -3.09. The van der Waals surface area contributed by atoms with Gasteiger partial charge in [-0.2, -0.15) is 5.10 Å². The van der Waals surface area contributed by atoms with E-state index in [9.17, 15) is 4.79 Å². The van der Waals surface area contributed by atoms with Gasteiger partial charge in [-0.25, -0.2) is 14.6 Å². The molecule has 7 nitrogen and oxygen atoms in total. The maximum absolute atomic E-state index is 12.1. The fraction of sp³-hybridized carbons (Fsp3) is 0.278. The lowest BCUT2D eigenvalue weighted by atomic mass is 10.0. The molecule has 0 bridgehead atoms. The summed E-state index contributed by atoms with van der Waals surface area (Å²) in [7, 11) is 0. The van der Waals surface area contributed by atoms with Crippen LogP contribution < -0.4 is 10.5 Å². The Labute approximate surface area is 145 Å². The highest BCUT2D eigenvalue weighted by Crippen LogP contribution is 2.22. The lowest BCUT2D eigenvalue weighted by Crippen LogP contribution is -2.50. The molecule has 126 valence electrons. The molecule has 4 heterocycles. The second-order valence-corrected chi connectivity index (χ2v) is 6.25. The molecule has 25 heavy (non-hydrogen) atoms. The second-order valence-electron chi connectivity index (χ2n) is 6.25. The van der Waals surface area contributed by atoms with Gasteiger partial charge < -0.3 is 4.90 Å². The van der Waals surface area contributed by atoms with Crippen molar-refractivity contribution in [1.29, 1.82) is 0 Å². The normalized spacial score (nSPS) is 14.4. The van der Waals surface area contributed by atoms with Crippen LogP contribution in [-0.2, 0) is 6.54 Å². The quantitative estimate of drug-likeness (QED) is 0.720. The second kappa shape index (κ2) is 6.43. The largest absolute Gasteiger partial charge is 0.340 e. The Morgan fingerprint density at radius 3 is 2.80 bits per heavy atom. The zero-order valence-electron chi connectivity index (χ0n) is 13.9. The van der Waals surface area contributed by atoms with Gasteiger partial charge >= 0.3 is 0 Å². The van der Waals surface area contributed by atoms with Gasteiger partial charge in [0.25, 0.3) is 5.56 Å². The number of pyridine rings is 1. The summed E-state index contributed by atoms with van der Waals surface area (Å²) in [6.45, 7) is 4.20. The molecule has 0 atom stereocenters. The van der Waals surface area contributed by atoms with Gasteiger partial charge in [-0.15, -0.1) is 0 Å². The van der Waals surface area contributed by atoms with Crippen LogP contribution in [-0.4, -0.2) is 37.8 Å². The molecule has 0 radical (unpaired) electrons. The summed E-state index contributed by atoms with van der Waals surface area (Å²) in [5.41, 5.74) is 2.53. The molecule has 3 aromatic rings. The minimum Gasteiger partial charge on any atom is -0.340 e. The van der Waals surface area contributed by atoms with Crippen LogP contribution in [0.25, 0.3) is 11.3 Å². The Morgan fingerprint density at radius 2 is 2.04 bits per heavy atom. The monoisotopic (exact) mass is 334 g/mol. The first kappa shape index (κ1) is 15.4. The minimum atomic E-state index is -0.0853. The molecular formula is C18H18N6O. The van der Waals surface area contributed by atoms with Gasteiger partial charge in [-0.1, -0.05) is 0 Å². The van der Waals surface area contributed by atoms with Crippen LogP contribution in [0.1, 0.15) is 5.69 Å². The van der Waals surface area contributed by atoms with E-state index in [4.69, 9.17) is 0 Å². The summed E-state index contributed by atoms with van der Waals surface area (Å²) in [5, 5.41) is 4.49. The van der Waals surface area contributed by atoms with Crippen LogP contribution in [0.3, 0.4) is 0 Å². The Bertz CT molecular complexity index is 934. The van der Waals surface area contributed by atoms with Gasteiger partial charge in [-0.3, -0.25) is 9.78 Å². The molecule has 0 amide bonds. The van der Waals surface area contributed by atoms with Crippen molar-refractivity contribution in [3.8, 4) is 11.3 Å². The van der Waals surface area contributed by atoms with Gasteiger partial charge in [0.05, 0.1) is 12.2 Å². The third kappa shape index (κ3) is 3.26. The topological polar surface area (TPSA) is 76.8 Å². The van der Waals surface area contributed by atoms with Crippen molar-refractivity contribution in [2.75, 3.05) is 18.0 Å². The van der Waals surface area contributed by atoms with Crippen LogP contribution in [0.2, 0.25) is 0 Å². The molecule has 0 spiro atoms. The summed E-state index contributed by atoms with van der Waals surface area (Å²) in [6.07, 6.45) is 5.24. The van der Waals surface area contributed by atoms with Crippen LogP contribution in [0.4, 0.5) is 5.95 Å². The molecule has 3 aromatic heterocycles. The Balaban J connectivity index is 1.46. The third-order valence-electron chi connectivity index (χ3n) is 4.28. The molecule has 1 aliphatic rings. The van der Waals surface area contributed by atoms with Crippen molar-refractivity contribution in [2.45, 2.75) is 13.5 Å². The van der Waals surface area contributed by atoms with Crippen LogP contribution in [0.5, 0.6) is 0 Å². The zero-order valence-corrected chi connectivity index (χ0v) is 13.9. The van der Waals surface area contributed by atoms with E-state index in [0.717, 1.165) is 36.0 Å². The van der Waals surface area contributed by atoms with Gasteiger partial charge in [0.2, 0.25) is 5.95 Å². The fourth-order valence-electron chi connectivity index (χ4n) is 2.93. The summed E-state index contributed by atoms with van der Waals surface area (Å²) in [4.78, 5) is 27.1. The summed E-state index contributed by atoms with van der Waals surface area (Å²) >= 11 is 0. The number of aromatic nitrogens is 5. The molecule has 0 saturated carbocycles. The first-order chi connectivity index (χ1) is 12.2. The lowest BCUT2D eigenvalue weighted by Gasteiger charge is -2.39. The van der Waals surface area contributed by atoms with Gasteiger partial charge in [0.15, 0.2) is 0 Å². The molecule has 7 heteroatoms. The molecule has 1 aliphatic heterocycles. The van der Waals surface area contributed by atoms with E-state index in [2.05, 4.69) is 25.0 Å². The van der Waals surface area contributed by atoms with Crippen LogP contribution >= 0.6 is 0 Å². The van der Waals surface area contributed by atoms with Crippen LogP contribution in [0, 0.1) is 12.8 Å². The molecule has 4 rings (SSSR count). The maximum atomic E-state index is 12.1. The van der Waals surface area contributed by atoms with Crippen molar-refractivity contribution in [1.82, 2.24) is 24.7 Å². The van der Waals surface area contributed by atoms with Gasteiger partial charge in [-0.05, 0) is 31.2 Å². The SMILES string of the molecule is Cc1ccnc(N2CC(Cn3nc(-c4cccnc4)ccc3=O)C2)n1. The Kier molecular flexibility index (Phi) is 3.97. The predicted octanol–water partition coefficient (Wildman–Crippen LogP) is 1.54. The summed E-state index contributed by atoms with van der Waals surface area (Å²) < 4.78 is 1.54. The molecule has 1 saturated heterocycles. The molecule has 0 aliphatic carbocycles. The van der Waals surface area contributed by atoms with Gasteiger partial charge in [0, 0.05) is 54.9 Å². The third-order valence-corrected chi connectivity index (χ3v) is 4.28. The first-order valence-corrected chi connectivity index (χ1v) is 8.22. The highest BCUT2D eigenvalue weighted by atomic mass is 16.1. The molecule has 0 N–H and O–H groups in total. The maximum Gasteiger partial charge on any atom is 0.266 e. The van der Waals surface area contributed by atoms with Crippen molar-refractivity contribution in [3.63, 3.8) is 0 Å². The average Bonchev–Trinajstić information content (AvgIpc) is 2.60. The number of nitrogens with zero attached hydrogens (tertiary/aromatic N) is 6. The summed E-state index contributed by atoms with van der Waals surface area (Å²) in [5.74, 6) is 1.11. The summed E-state index contributed by atoms with van der Waals surface area (Å²) in [6, 6.07) is 8.98. The van der Waals surface area contributed by atoms with E-state index in [1.807, 2.05) is 25.1 Å². The van der Waals surface area contributed by atoms with Crippen molar-refractivity contribution >= 4 is 5.95 Å². The molecule has 1 fully saturated rings. The average molecular weight is 334 g/mol. The lowest BCUT2D eigenvalue weighted by molar-refractivity contribution is 0.331. The van der Waals surface area contributed by atoms with Crippen molar-refractivity contribution < 1.29 is 0 Å². The minimum absolute atomic E-state index is 0.0853. The fourth-order valence-corrected chi connectivity index (χ4v) is 2.93. The van der Waals surface area contributed by atoms with E-state index >= 15 is 0 Å². The number of aryl methyl sites for hydroxylation is 1. The van der Waals surface area contributed by atoms with E-state index < -0.39 is 0 Å². The number of hydrogen-bond acceptors (Lipinski definition) is 6. The molecular weight excluding hydrogens is 316 g/mol. The highest BCUT2D eigenvalue weighted by Gasteiger charge is 2.29. The zero-order chi connectivity index (χ0) is 17.2. The smallest absolute Gasteiger partial charge is 0.266 e. The van der Waals surface area contributed by atoms with E-state index in [-0.39, 0.29) is 5.56 Å². The predicted molar refractivity (Wildman–Crippen MR) is 94.2 cm³/mol. The number of hydrogen-bond donors (Lipinski definition) is 0. The molecule has 0 unspecified atom stereocenters. The Morgan fingerprint density at radius 1 is 1.16 bits per heavy atom. The standard InChI is InChI=1S/C18H18N6O/c1-13-6-8-20-18(21-13)23-10-14(11-23)12-24-17(25)5-4-16(22-24)15-3-2-7-19-9-15/h2-9,14H,10-12H2,1H3.